The Hall–Kier alpha value is -1.53. The number of carbonyl (C=O) groups is 1. The molecule has 0 fully saturated rings. The van der Waals surface area contributed by atoms with Crippen LogP contribution >= 0.6 is 0 Å². The minimum absolute atomic E-state index is 0.175. The third kappa shape index (κ3) is 2.48. The first kappa shape index (κ1) is 11.5. The van der Waals surface area contributed by atoms with Crippen molar-refractivity contribution >= 4 is 5.97 Å². The van der Waals surface area contributed by atoms with E-state index in [-0.39, 0.29) is 6.42 Å². The Labute approximate surface area is 83.3 Å². The van der Waals surface area contributed by atoms with E-state index in [1.54, 1.807) is 6.92 Å². The molecule has 0 aliphatic rings. The number of hydrogen-bond acceptors (Lipinski definition) is 2. The summed E-state index contributed by atoms with van der Waals surface area (Å²) in [6, 6.07) is -1.05. The van der Waals surface area contributed by atoms with Gasteiger partial charge in [0.1, 0.15) is 6.04 Å². The van der Waals surface area contributed by atoms with Gasteiger partial charge in [-0.25, -0.2) is 4.79 Å². The Bertz CT molecular complexity index is 359. The maximum atomic E-state index is 12.2. The molecule has 15 heavy (non-hydrogen) atoms. The highest BCUT2D eigenvalue weighted by atomic mass is 19.4. The zero-order chi connectivity index (χ0) is 11.6. The van der Waals surface area contributed by atoms with Crippen LogP contribution in [0.3, 0.4) is 0 Å². The van der Waals surface area contributed by atoms with Crippen molar-refractivity contribution in [2.45, 2.75) is 25.6 Å². The van der Waals surface area contributed by atoms with E-state index in [0.29, 0.717) is 12.4 Å². The molecular formula is C8H9F3N2O2. The van der Waals surface area contributed by atoms with Crippen molar-refractivity contribution in [2.75, 3.05) is 0 Å². The number of carboxylic acids is 1. The normalized spacial score (nSPS) is 13.9. The van der Waals surface area contributed by atoms with Crippen molar-refractivity contribution in [2.24, 2.45) is 0 Å². The van der Waals surface area contributed by atoms with Gasteiger partial charge in [-0.05, 0) is 6.42 Å². The van der Waals surface area contributed by atoms with Crippen molar-refractivity contribution in [1.82, 2.24) is 9.78 Å². The van der Waals surface area contributed by atoms with E-state index in [1.165, 1.54) is 0 Å². The molecule has 7 heteroatoms. The minimum Gasteiger partial charge on any atom is -0.480 e. The molecule has 1 heterocycles. The molecule has 4 nitrogen and oxygen atoms in total. The van der Waals surface area contributed by atoms with Crippen molar-refractivity contribution in [1.29, 1.82) is 0 Å². The summed E-state index contributed by atoms with van der Waals surface area (Å²) in [4.78, 5) is 10.6. The van der Waals surface area contributed by atoms with E-state index in [1.807, 2.05) is 0 Å². The number of hydrogen-bond donors (Lipinski definition) is 1. The van der Waals surface area contributed by atoms with Crippen molar-refractivity contribution < 1.29 is 23.1 Å². The zero-order valence-corrected chi connectivity index (χ0v) is 7.82. The van der Waals surface area contributed by atoms with Crippen LogP contribution in [0.5, 0.6) is 0 Å². The number of aliphatic carboxylic acids is 1. The van der Waals surface area contributed by atoms with Crippen LogP contribution in [-0.2, 0) is 11.0 Å². The summed E-state index contributed by atoms with van der Waals surface area (Å²) in [5, 5.41) is 12.1. The van der Waals surface area contributed by atoms with E-state index in [0.717, 1.165) is 4.68 Å². The first-order valence-corrected chi connectivity index (χ1v) is 4.20. The second-order valence-corrected chi connectivity index (χ2v) is 2.97. The molecule has 1 aromatic rings. The summed E-state index contributed by atoms with van der Waals surface area (Å²) in [7, 11) is 0. The maximum absolute atomic E-state index is 12.2. The van der Waals surface area contributed by atoms with Gasteiger partial charge < -0.3 is 5.11 Å². The molecule has 0 aliphatic heterocycles. The van der Waals surface area contributed by atoms with Gasteiger partial charge in [0.25, 0.3) is 0 Å². The molecule has 0 bridgehead atoms. The summed E-state index contributed by atoms with van der Waals surface area (Å²) >= 11 is 0. The number of nitrogens with zero attached hydrogens (tertiary/aromatic N) is 2. The lowest BCUT2D eigenvalue weighted by molar-refractivity contribution is -0.142. The molecule has 0 amide bonds. The third-order valence-electron chi connectivity index (χ3n) is 1.92. The Kier molecular flexibility index (Phi) is 3.01. The molecule has 1 N–H and O–H groups in total. The Morgan fingerprint density at radius 1 is 1.67 bits per heavy atom. The number of aromatic nitrogens is 2. The Balaban J connectivity index is 2.97. The van der Waals surface area contributed by atoms with Crippen LogP contribution in [0.4, 0.5) is 13.2 Å². The van der Waals surface area contributed by atoms with Gasteiger partial charge in [-0.15, -0.1) is 0 Å². The minimum atomic E-state index is -4.49. The third-order valence-corrected chi connectivity index (χ3v) is 1.92. The average Bonchev–Trinajstić information content (AvgIpc) is 2.52. The number of carboxylic acid groups (broad SMARTS) is 1. The average molecular weight is 222 g/mol. The van der Waals surface area contributed by atoms with Crippen LogP contribution in [0.1, 0.15) is 24.9 Å². The van der Waals surface area contributed by atoms with Crippen molar-refractivity contribution in [3.63, 3.8) is 0 Å². The standard InChI is InChI=1S/C8H9F3N2O2/c1-2-6(7(14)15)13-4-5(3-12-13)8(9,10)11/h3-4,6H,2H2,1H3,(H,14,15)/t6-/m1/s1. The molecule has 0 aliphatic carbocycles. The second kappa shape index (κ2) is 3.92. The highest BCUT2D eigenvalue weighted by Gasteiger charge is 2.33. The fourth-order valence-electron chi connectivity index (χ4n) is 1.13. The molecule has 1 aromatic heterocycles. The lowest BCUT2D eigenvalue weighted by Gasteiger charge is -2.09. The smallest absolute Gasteiger partial charge is 0.419 e. The first-order valence-electron chi connectivity index (χ1n) is 4.20. The summed E-state index contributed by atoms with van der Waals surface area (Å²) in [6.45, 7) is 1.56. The largest absolute Gasteiger partial charge is 0.480 e. The molecule has 1 rings (SSSR count). The van der Waals surface area contributed by atoms with Gasteiger partial charge in [0.15, 0.2) is 0 Å². The fourth-order valence-corrected chi connectivity index (χ4v) is 1.13. The maximum Gasteiger partial charge on any atom is 0.419 e. The van der Waals surface area contributed by atoms with Gasteiger partial charge in [-0.3, -0.25) is 4.68 Å². The Morgan fingerprint density at radius 3 is 2.60 bits per heavy atom. The predicted octanol–water partition coefficient (Wildman–Crippen LogP) is 1.94. The first-order chi connectivity index (χ1) is 6.86. The van der Waals surface area contributed by atoms with E-state index in [4.69, 9.17) is 5.11 Å². The predicted molar refractivity (Wildman–Crippen MR) is 44.2 cm³/mol. The van der Waals surface area contributed by atoms with E-state index >= 15 is 0 Å². The molecule has 0 unspecified atom stereocenters. The zero-order valence-electron chi connectivity index (χ0n) is 7.82. The lowest BCUT2D eigenvalue weighted by atomic mass is 10.2. The summed E-state index contributed by atoms with van der Waals surface area (Å²) in [5.74, 6) is -1.20. The van der Waals surface area contributed by atoms with Gasteiger partial charge in [0.05, 0.1) is 11.8 Å². The fraction of sp³-hybridized carbons (Fsp3) is 0.500. The van der Waals surface area contributed by atoms with Gasteiger partial charge >= 0.3 is 12.1 Å². The number of rotatable bonds is 3. The molecule has 0 radical (unpaired) electrons. The van der Waals surface area contributed by atoms with Gasteiger partial charge in [-0.2, -0.15) is 18.3 Å². The molecule has 0 spiro atoms. The van der Waals surface area contributed by atoms with E-state index in [2.05, 4.69) is 5.10 Å². The SMILES string of the molecule is CC[C@H](C(=O)O)n1cc(C(F)(F)F)cn1. The lowest BCUT2D eigenvalue weighted by Crippen LogP contribution is -2.18. The number of halogens is 3. The van der Waals surface area contributed by atoms with Gasteiger partial charge in [-0.1, -0.05) is 6.92 Å². The molecule has 0 saturated carbocycles. The van der Waals surface area contributed by atoms with Crippen LogP contribution in [0, 0.1) is 0 Å². The van der Waals surface area contributed by atoms with Crippen LogP contribution in [-0.4, -0.2) is 20.9 Å². The van der Waals surface area contributed by atoms with Crippen LogP contribution < -0.4 is 0 Å². The highest BCUT2D eigenvalue weighted by molar-refractivity contribution is 5.71. The molecule has 84 valence electrons. The quantitative estimate of drug-likeness (QED) is 0.850. The summed E-state index contributed by atoms with van der Waals surface area (Å²) in [5.41, 5.74) is -0.942. The van der Waals surface area contributed by atoms with Crippen LogP contribution in [0.15, 0.2) is 12.4 Å². The van der Waals surface area contributed by atoms with Crippen molar-refractivity contribution in [3.05, 3.63) is 18.0 Å². The second-order valence-electron chi connectivity index (χ2n) is 2.97. The summed E-state index contributed by atoms with van der Waals surface area (Å²) < 4.78 is 37.3. The molecule has 0 saturated heterocycles. The van der Waals surface area contributed by atoms with Crippen molar-refractivity contribution in [3.8, 4) is 0 Å². The van der Waals surface area contributed by atoms with Gasteiger partial charge in [0.2, 0.25) is 0 Å². The molecule has 0 aromatic carbocycles. The Morgan fingerprint density at radius 2 is 2.27 bits per heavy atom. The topological polar surface area (TPSA) is 55.1 Å². The summed E-state index contributed by atoms with van der Waals surface area (Å²) in [6.07, 6.45) is -3.00. The highest BCUT2D eigenvalue weighted by Crippen LogP contribution is 2.29. The van der Waals surface area contributed by atoms with Crippen LogP contribution in [0.2, 0.25) is 0 Å². The monoisotopic (exact) mass is 222 g/mol. The van der Waals surface area contributed by atoms with Crippen LogP contribution in [0.25, 0.3) is 0 Å². The van der Waals surface area contributed by atoms with Gasteiger partial charge in [0, 0.05) is 6.20 Å². The number of alkyl halides is 3. The molecular weight excluding hydrogens is 213 g/mol. The van der Waals surface area contributed by atoms with E-state index in [9.17, 15) is 18.0 Å². The van der Waals surface area contributed by atoms with E-state index < -0.39 is 23.8 Å². The molecule has 1 atom stereocenters.